The van der Waals surface area contributed by atoms with E-state index in [4.69, 9.17) is 9.24 Å². The fourth-order valence-corrected chi connectivity index (χ4v) is 2.57. The molecule has 0 heterocycles. The van der Waals surface area contributed by atoms with Crippen LogP contribution >= 0.6 is 9.24 Å². The molecule has 0 aliphatic heterocycles. The van der Waals surface area contributed by atoms with E-state index in [1.165, 1.54) is 11.1 Å². The van der Waals surface area contributed by atoms with Crippen molar-refractivity contribution in [1.82, 2.24) is 0 Å². The minimum absolute atomic E-state index is 0. The molecule has 0 aliphatic carbocycles. The first-order valence-electron chi connectivity index (χ1n) is 5.47. The van der Waals surface area contributed by atoms with Crippen LogP contribution in [0.4, 0.5) is 0 Å². The Labute approximate surface area is 154 Å². The van der Waals surface area contributed by atoms with Gasteiger partial charge in [0.1, 0.15) is 0 Å². The zero-order valence-corrected chi connectivity index (χ0v) is 17.6. The van der Waals surface area contributed by atoms with Crippen molar-refractivity contribution in [3.63, 3.8) is 0 Å². The van der Waals surface area contributed by atoms with Crippen LogP contribution in [-0.2, 0) is 10.8 Å². The van der Waals surface area contributed by atoms with Crippen LogP contribution in [0.1, 0.15) is 52.7 Å². The Morgan fingerprint density at radius 3 is 1.29 bits per heavy atom. The van der Waals surface area contributed by atoms with Gasteiger partial charge < -0.3 is 14.5 Å². The van der Waals surface area contributed by atoms with Gasteiger partial charge in [-0.2, -0.15) is 0 Å². The first-order chi connectivity index (χ1) is 6.64. The maximum absolute atomic E-state index is 4.70. The van der Waals surface area contributed by atoms with E-state index < -0.39 is 0 Å². The SMILES string of the molecule is CC(C)(C)c1cccc(C(C)(C)C)c1[P-2].[Na+].[Na+]. The van der Waals surface area contributed by atoms with Crippen molar-refractivity contribution in [1.29, 1.82) is 0 Å². The Morgan fingerprint density at radius 2 is 1.06 bits per heavy atom. The van der Waals surface area contributed by atoms with Crippen LogP contribution in [-0.4, -0.2) is 0 Å². The van der Waals surface area contributed by atoms with Gasteiger partial charge in [-0.05, 0) is 10.8 Å². The smallest absolute Gasteiger partial charge is 1.00 e. The van der Waals surface area contributed by atoms with Gasteiger partial charge in [0.15, 0.2) is 0 Å². The van der Waals surface area contributed by atoms with Gasteiger partial charge in [-0.15, -0.1) is 0 Å². The second-order valence-electron chi connectivity index (χ2n) is 6.20. The molecule has 0 spiro atoms. The van der Waals surface area contributed by atoms with Gasteiger partial charge in [0.25, 0.3) is 0 Å². The number of rotatable bonds is 0. The molecule has 0 N–H and O–H groups in total. The van der Waals surface area contributed by atoms with Crippen LogP contribution in [0.3, 0.4) is 0 Å². The van der Waals surface area contributed by atoms with Gasteiger partial charge in [0, 0.05) is 0 Å². The van der Waals surface area contributed by atoms with Gasteiger partial charge in [0.2, 0.25) is 0 Å². The van der Waals surface area contributed by atoms with Crippen molar-refractivity contribution in [3.8, 4) is 0 Å². The molecule has 84 valence electrons. The summed E-state index contributed by atoms with van der Waals surface area (Å²) in [5.74, 6) is 0. The summed E-state index contributed by atoms with van der Waals surface area (Å²) in [5.41, 5.74) is 2.99. The zero-order chi connectivity index (χ0) is 11.9. The third-order valence-corrected chi connectivity index (χ3v) is 3.13. The third-order valence-electron chi connectivity index (χ3n) is 2.65. The van der Waals surface area contributed by atoms with Gasteiger partial charge in [0.05, 0.1) is 0 Å². The minimum atomic E-state index is 0. The topological polar surface area (TPSA) is 0 Å². The quantitative estimate of drug-likeness (QED) is 0.389. The first-order valence-corrected chi connectivity index (χ1v) is 5.91. The van der Waals surface area contributed by atoms with Crippen LogP contribution in [0.2, 0.25) is 0 Å². The molecule has 0 bridgehead atoms. The fraction of sp³-hybridized carbons (Fsp3) is 0.571. The molecule has 0 fully saturated rings. The summed E-state index contributed by atoms with van der Waals surface area (Å²) in [6.07, 6.45) is 0. The van der Waals surface area contributed by atoms with Crippen molar-refractivity contribution in [2.75, 3.05) is 0 Å². The Hall–Kier alpha value is 1.65. The molecule has 0 radical (unpaired) electrons. The molecule has 1 aromatic rings. The molecular weight excluding hydrogens is 245 g/mol. The number of benzene rings is 1. The third kappa shape index (κ3) is 5.65. The molecule has 0 aromatic heterocycles. The maximum atomic E-state index is 4.70. The van der Waals surface area contributed by atoms with Crippen molar-refractivity contribution in [2.45, 2.75) is 52.4 Å². The summed E-state index contributed by atoms with van der Waals surface area (Å²) in [7, 11) is 4.70. The Bertz CT molecular complexity index is 327. The Balaban J connectivity index is 0. The second-order valence-corrected chi connectivity index (χ2v) is 6.65. The van der Waals surface area contributed by atoms with Crippen molar-refractivity contribution >= 4 is 14.5 Å². The summed E-state index contributed by atoms with van der Waals surface area (Å²) in [6.45, 7) is 13.4. The monoisotopic (exact) mass is 266 g/mol. The molecule has 1 aromatic carbocycles. The van der Waals surface area contributed by atoms with Gasteiger partial charge >= 0.3 is 59.1 Å². The van der Waals surface area contributed by atoms with Gasteiger partial charge in [-0.1, -0.05) is 70.9 Å². The van der Waals surface area contributed by atoms with E-state index in [2.05, 4.69) is 59.7 Å². The summed E-state index contributed by atoms with van der Waals surface area (Å²) in [5, 5.41) is 1.15. The molecular formula is C14H21Na2P. The van der Waals surface area contributed by atoms with Crippen molar-refractivity contribution in [2.24, 2.45) is 0 Å². The molecule has 0 aliphatic rings. The predicted molar refractivity (Wildman–Crippen MR) is 70.4 cm³/mol. The molecule has 0 saturated carbocycles. The predicted octanol–water partition coefficient (Wildman–Crippen LogP) is -1.67. The van der Waals surface area contributed by atoms with E-state index in [0.29, 0.717) is 0 Å². The molecule has 3 heteroatoms. The Kier molecular flexibility index (Phi) is 9.17. The van der Waals surface area contributed by atoms with Gasteiger partial charge in [-0.3, -0.25) is 0 Å². The fourth-order valence-electron chi connectivity index (χ4n) is 1.75. The van der Waals surface area contributed by atoms with Crippen molar-refractivity contribution < 1.29 is 59.1 Å². The van der Waals surface area contributed by atoms with Crippen LogP contribution in [0.25, 0.3) is 0 Å². The average Bonchev–Trinajstić information content (AvgIpc) is 1.99. The molecule has 0 unspecified atom stereocenters. The molecule has 0 nitrogen and oxygen atoms in total. The van der Waals surface area contributed by atoms with Crippen LogP contribution < -0.4 is 64.4 Å². The average molecular weight is 266 g/mol. The van der Waals surface area contributed by atoms with E-state index in [-0.39, 0.29) is 69.9 Å². The first kappa shape index (κ1) is 21.0. The van der Waals surface area contributed by atoms with Crippen molar-refractivity contribution in [3.05, 3.63) is 29.3 Å². The zero-order valence-electron chi connectivity index (χ0n) is 12.7. The minimum Gasteiger partial charge on any atom is -1.45 e. The molecule has 0 saturated heterocycles. The molecule has 0 atom stereocenters. The van der Waals surface area contributed by atoms with E-state index in [9.17, 15) is 0 Å². The molecule has 17 heavy (non-hydrogen) atoms. The maximum Gasteiger partial charge on any atom is 1.00 e. The summed E-state index contributed by atoms with van der Waals surface area (Å²) >= 11 is 0. The summed E-state index contributed by atoms with van der Waals surface area (Å²) < 4.78 is 0. The van der Waals surface area contributed by atoms with E-state index in [0.717, 1.165) is 5.30 Å². The largest absolute Gasteiger partial charge is 1.45 e. The van der Waals surface area contributed by atoms with Crippen LogP contribution in [0, 0.1) is 0 Å². The van der Waals surface area contributed by atoms with E-state index >= 15 is 0 Å². The summed E-state index contributed by atoms with van der Waals surface area (Å²) in [4.78, 5) is 0. The van der Waals surface area contributed by atoms with Crippen LogP contribution in [0.15, 0.2) is 18.2 Å². The molecule has 1 rings (SSSR count). The summed E-state index contributed by atoms with van der Waals surface area (Å²) in [6, 6.07) is 6.50. The second kappa shape index (κ2) is 7.44. The standard InChI is InChI=1S/C14H21P.2Na/c1-13(2,3)10-8-7-9-11(12(10)15)14(4,5)6;;/h7-9H,1-6H3;;/q-2;2*+1. The van der Waals surface area contributed by atoms with Gasteiger partial charge in [-0.25, -0.2) is 0 Å². The van der Waals surface area contributed by atoms with E-state index in [1.54, 1.807) is 0 Å². The van der Waals surface area contributed by atoms with Crippen LogP contribution in [0.5, 0.6) is 0 Å². The van der Waals surface area contributed by atoms with E-state index in [1.807, 2.05) is 0 Å². The number of hydrogen-bond acceptors (Lipinski definition) is 0. The molecule has 0 amide bonds. The number of hydrogen-bond donors (Lipinski definition) is 0. The normalized spacial score (nSPS) is 11.5. The Morgan fingerprint density at radius 1 is 0.765 bits per heavy atom.